The molecule has 13 heavy (non-hydrogen) atoms. The summed E-state index contributed by atoms with van der Waals surface area (Å²) in [6.45, 7) is 0. The van der Waals surface area contributed by atoms with Crippen molar-refractivity contribution in [3.05, 3.63) is 24.3 Å². The summed E-state index contributed by atoms with van der Waals surface area (Å²) in [6, 6.07) is 4.39. The SMILES string of the molecule is O=S(F)c1ccc(S(=O)(=O)Cl)cc1. The summed E-state index contributed by atoms with van der Waals surface area (Å²) in [5.74, 6) is 0. The highest BCUT2D eigenvalue weighted by Crippen LogP contribution is 2.17. The lowest BCUT2D eigenvalue weighted by molar-refractivity contribution is 0.609. The van der Waals surface area contributed by atoms with Crippen LogP contribution in [0.1, 0.15) is 0 Å². The Bertz CT molecular complexity index is 426. The van der Waals surface area contributed by atoms with Crippen LogP contribution in [0.2, 0.25) is 0 Å². The molecule has 0 aromatic heterocycles. The van der Waals surface area contributed by atoms with Crippen LogP contribution >= 0.6 is 10.7 Å². The number of halogens is 2. The maximum absolute atomic E-state index is 12.2. The van der Waals surface area contributed by atoms with Crippen LogP contribution in [0.3, 0.4) is 0 Å². The van der Waals surface area contributed by atoms with E-state index in [1.807, 2.05) is 0 Å². The third-order valence-electron chi connectivity index (χ3n) is 1.29. The first-order valence-corrected chi connectivity index (χ1v) is 6.40. The molecule has 7 heteroatoms. The molecule has 72 valence electrons. The monoisotopic (exact) mass is 242 g/mol. The minimum Gasteiger partial charge on any atom is -0.219 e. The fourth-order valence-corrected chi connectivity index (χ4v) is 1.83. The van der Waals surface area contributed by atoms with Crippen LogP contribution in [-0.4, -0.2) is 12.6 Å². The van der Waals surface area contributed by atoms with E-state index >= 15 is 0 Å². The maximum Gasteiger partial charge on any atom is 0.261 e. The number of hydrogen-bond acceptors (Lipinski definition) is 3. The van der Waals surface area contributed by atoms with E-state index in [9.17, 15) is 16.5 Å². The number of benzene rings is 1. The molecule has 0 saturated heterocycles. The molecule has 0 bridgehead atoms. The van der Waals surface area contributed by atoms with Gasteiger partial charge in [0.2, 0.25) is 11.2 Å². The maximum atomic E-state index is 12.2. The Morgan fingerprint density at radius 3 is 2.00 bits per heavy atom. The molecule has 0 aliphatic carbocycles. The van der Waals surface area contributed by atoms with E-state index in [0.29, 0.717) is 0 Å². The Kier molecular flexibility index (Phi) is 3.05. The molecule has 0 fully saturated rings. The second kappa shape index (κ2) is 3.73. The zero-order valence-electron chi connectivity index (χ0n) is 6.11. The molecule has 3 nitrogen and oxygen atoms in total. The first kappa shape index (κ1) is 10.6. The van der Waals surface area contributed by atoms with Crippen LogP contribution in [-0.2, 0) is 20.2 Å². The molecule has 0 aliphatic heterocycles. The summed E-state index contributed by atoms with van der Waals surface area (Å²) < 4.78 is 43.8. The van der Waals surface area contributed by atoms with Crippen molar-refractivity contribution in [1.29, 1.82) is 0 Å². The summed E-state index contributed by atoms with van der Waals surface area (Å²) in [5, 5.41) is 0. The smallest absolute Gasteiger partial charge is 0.219 e. The molecule has 0 spiro atoms. The van der Waals surface area contributed by atoms with E-state index in [2.05, 4.69) is 0 Å². The highest BCUT2D eigenvalue weighted by Gasteiger charge is 2.10. The zero-order chi connectivity index (χ0) is 10.1. The standard InChI is InChI=1S/C6H4ClFO3S2/c7-13(10,11)6-3-1-5(2-4-6)12(8)9/h1-4H. The van der Waals surface area contributed by atoms with Crippen LogP contribution < -0.4 is 0 Å². The van der Waals surface area contributed by atoms with Gasteiger partial charge in [0.1, 0.15) is 0 Å². The van der Waals surface area contributed by atoms with E-state index in [0.717, 1.165) is 24.3 Å². The van der Waals surface area contributed by atoms with Gasteiger partial charge in [0.05, 0.1) is 9.79 Å². The molecular formula is C6H4ClFO3S2. The third-order valence-corrected chi connectivity index (χ3v) is 3.30. The van der Waals surface area contributed by atoms with Gasteiger partial charge in [-0.1, -0.05) is 0 Å². The normalized spacial score (nSPS) is 14.0. The van der Waals surface area contributed by atoms with Crippen molar-refractivity contribution in [2.75, 3.05) is 0 Å². The van der Waals surface area contributed by atoms with Crippen LogP contribution in [0.25, 0.3) is 0 Å². The molecular weight excluding hydrogens is 239 g/mol. The zero-order valence-corrected chi connectivity index (χ0v) is 8.50. The average Bonchev–Trinajstić information content (AvgIpc) is 2.03. The summed E-state index contributed by atoms with van der Waals surface area (Å²) in [4.78, 5) is -0.243. The quantitative estimate of drug-likeness (QED) is 0.741. The summed E-state index contributed by atoms with van der Waals surface area (Å²) >= 11 is -2.60. The van der Waals surface area contributed by atoms with Crippen molar-refractivity contribution >= 4 is 30.9 Å². The van der Waals surface area contributed by atoms with Crippen molar-refractivity contribution in [3.63, 3.8) is 0 Å². The highest BCUT2D eigenvalue weighted by molar-refractivity contribution is 8.13. The van der Waals surface area contributed by atoms with E-state index in [1.54, 1.807) is 0 Å². The summed E-state index contributed by atoms with van der Waals surface area (Å²) in [6.07, 6.45) is 0. The van der Waals surface area contributed by atoms with Gasteiger partial charge < -0.3 is 0 Å². The van der Waals surface area contributed by atoms with Crippen LogP contribution in [0, 0.1) is 0 Å². The van der Waals surface area contributed by atoms with Crippen LogP contribution in [0.4, 0.5) is 3.89 Å². The summed E-state index contributed by atoms with van der Waals surface area (Å²) in [7, 11) is 1.20. The molecule has 0 heterocycles. The van der Waals surface area contributed by atoms with Crippen molar-refractivity contribution in [2.45, 2.75) is 9.79 Å². The van der Waals surface area contributed by atoms with Gasteiger partial charge in [-0.25, -0.2) is 12.6 Å². The van der Waals surface area contributed by atoms with Crippen LogP contribution in [0.15, 0.2) is 34.1 Å². The van der Waals surface area contributed by atoms with Gasteiger partial charge in [-0.05, 0) is 24.3 Å². The molecule has 0 amide bonds. The Balaban J connectivity index is 3.16. The van der Waals surface area contributed by atoms with Gasteiger partial charge in [-0.15, -0.1) is 3.89 Å². The van der Waals surface area contributed by atoms with Gasteiger partial charge in [0.15, 0.2) is 0 Å². The lowest BCUT2D eigenvalue weighted by atomic mass is 10.4. The molecule has 1 rings (SSSR count). The largest absolute Gasteiger partial charge is 0.261 e. The number of hydrogen-bond donors (Lipinski definition) is 0. The highest BCUT2D eigenvalue weighted by atomic mass is 35.7. The fraction of sp³-hybridized carbons (Fsp3) is 0. The van der Waals surface area contributed by atoms with Gasteiger partial charge in [0, 0.05) is 10.7 Å². The third kappa shape index (κ3) is 2.75. The molecule has 0 N–H and O–H groups in total. The molecule has 0 aliphatic rings. The summed E-state index contributed by atoms with van der Waals surface area (Å²) in [5.41, 5.74) is 0. The second-order valence-corrected chi connectivity index (χ2v) is 5.62. The fourth-order valence-electron chi connectivity index (χ4n) is 0.709. The Labute approximate surface area is 81.7 Å². The van der Waals surface area contributed by atoms with E-state index in [4.69, 9.17) is 10.7 Å². The van der Waals surface area contributed by atoms with Gasteiger partial charge >= 0.3 is 0 Å². The average molecular weight is 243 g/mol. The Morgan fingerprint density at radius 2 is 1.69 bits per heavy atom. The Morgan fingerprint density at radius 1 is 1.23 bits per heavy atom. The molecule has 0 saturated carbocycles. The van der Waals surface area contributed by atoms with Gasteiger partial charge in [-0.2, -0.15) is 0 Å². The first-order valence-electron chi connectivity index (χ1n) is 3.04. The van der Waals surface area contributed by atoms with Crippen molar-refractivity contribution in [1.82, 2.24) is 0 Å². The number of rotatable bonds is 2. The minimum absolute atomic E-state index is 0.0935. The Hall–Kier alpha value is -0.460. The minimum atomic E-state index is -3.79. The van der Waals surface area contributed by atoms with Crippen molar-refractivity contribution in [2.24, 2.45) is 0 Å². The predicted molar refractivity (Wildman–Crippen MR) is 47.0 cm³/mol. The second-order valence-electron chi connectivity index (χ2n) is 2.13. The van der Waals surface area contributed by atoms with Crippen molar-refractivity contribution in [3.8, 4) is 0 Å². The van der Waals surface area contributed by atoms with Gasteiger partial charge in [0.25, 0.3) is 9.05 Å². The molecule has 1 aromatic carbocycles. The molecule has 1 unspecified atom stereocenters. The van der Waals surface area contributed by atoms with Crippen LogP contribution in [0.5, 0.6) is 0 Å². The molecule has 1 aromatic rings. The lowest BCUT2D eigenvalue weighted by Crippen LogP contribution is -1.90. The predicted octanol–water partition coefficient (Wildman–Crippen LogP) is 1.61. The lowest BCUT2D eigenvalue weighted by Gasteiger charge is -1.95. The molecule has 1 atom stereocenters. The molecule has 0 radical (unpaired) electrons. The first-order chi connectivity index (χ1) is 5.91. The topological polar surface area (TPSA) is 51.2 Å². The van der Waals surface area contributed by atoms with E-state index in [-0.39, 0.29) is 9.79 Å². The van der Waals surface area contributed by atoms with Crippen molar-refractivity contribution < 1.29 is 16.5 Å². The van der Waals surface area contributed by atoms with Gasteiger partial charge in [-0.3, -0.25) is 0 Å². The van der Waals surface area contributed by atoms with E-state index < -0.39 is 20.2 Å². The van der Waals surface area contributed by atoms with E-state index in [1.165, 1.54) is 0 Å².